The summed E-state index contributed by atoms with van der Waals surface area (Å²) < 4.78 is 50.3. The number of hydrogen-bond acceptors (Lipinski definition) is 1. The Balaban J connectivity index is 1.19. The van der Waals surface area contributed by atoms with E-state index >= 15 is 4.39 Å². The summed E-state index contributed by atoms with van der Waals surface area (Å²) >= 11 is 0. The van der Waals surface area contributed by atoms with E-state index in [0.717, 1.165) is 42.6 Å². The largest absolute Gasteiger partial charge is 0.490 e. The monoisotopic (exact) mass is 600 g/mol. The molecule has 0 saturated heterocycles. The van der Waals surface area contributed by atoms with E-state index in [1.54, 1.807) is 36.4 Å². The molecule has 0 amide bonds. The summed E-state index contributed by atoms with van der Waals surface area (Å²) in [5, 5.41) is 0. The lowest BCUT2D eigenvalue weighted by Crippen LogP contribution is -2.23. The number of rotatable bonds is 13. The minimum absolute atomic E-state index is 0.0991. The Morgan fingerprint density at radius 2 is 1.48 bits per heavy atom. The van der Waals surface area contributed by atoms with Gasteiger partial charge < -0.3 is 4.74 Å². The molecule has 0 radical (unpaired) electrons. The number of ether oxygens (including phenoxy) is 1. The van der Waals surface area contributed by atoms with Crippen LogP contribution in [0.1, 0.15) is 96.0 Å². The molecule has 2 aliphatic rings. The van der Waals surface area contributed by atoms with E-state index in [1.807, 2.05) is 12.1 Å². The fourth-order valence-corrected chi connectivity index (χ4v) is 7.23. The van der Waals surface area contributed by atoms with Gasteiger partial charge in [-0.25, -0.2) is 8.78 Å². The zero-order chi connectivity index (χ0) is 30.9. The summed E-state index contributed by atoms with van der Waals surface area (Å²) in [5.41, 5.74) is 4.08. The molecular weight excluding hydrogens is 553 g/mol. The first kappa shape index (κ1) is 32.1. The van der Waals surface area contributed by atoms with Gasteiger partial charge in [0.25, 0.3) is 0 Å². The highest BCUT2D eigenvalue weighted by atomic mass is 19.2. The molecule has 234 valence electrons. The molecule has 0 heterocycles. The van der Waals surface area contributed by atoms with Crippen molar-refractivity contribution in [2.45, 2.75) is 90.4 Å². The van der Waals surface area contributed by atoms with Gasteiger partial charge in [0.05, 0.1) is 6.61 Å². The van der Waals surface area contributed by atoms with Crippen molar-refractivity contribution in [1.29, 1.82) is 0 Å². The van der Waals surface area contributed by atoms with Gasteiger partial charge in [0.15, 0.2) is 11.6 Å². The summed E-state index contributed by atoms with van der Waals surface area (Å²) in [5.74, 6) is 0.238. The lowest BCUT2D eigenvalue weighted by molar-refractivity contribution is 0.187. The van der Waals surface area contributed by atoms with Crippen LogP contribution in [-0.4, -0.2) is 6.61 Å². The van der Waals surface area contributed by atoms with Crippen molar-refractivity contribution < 1.29 is 17.9 Å². The molecule has 3 aromatic rings. The molecule has 1 atom stereocenters. The number of hydrogen-bond donors (Lipinski definition) is 0. The van der Waals surface area contributed by atoms with Crippen LogP contribution in [-0.2, 0) is 0 Å². The molecule has 0 N–H and O–H groups in total. The highest BCUT2D eigenvalue weighted by Gasteiger charge is 2.29. The second-order valence-electron chi connectivity index (χ2n) is 12.8. The fourth-order valence-electron chi connectivity index (χ4n) is 7.23. The maximum absolute atomic E-state index is 15.4. The van der Waals surface area contributed by atoms with E-state index in [9.17, 15) is 8.78 Å². The van der Waals surface area contributed by atoms with Crippen molar-refractivity contribution in [2.24, 2.45) is 17.8 Å². The Labute approximate surface area is 262 Å². The Kier molecular flexibility index (Phi) is 11.4. The Morgan fingerprint density at radius 3 is 2.14 bits per heavy atom. The molecule has 1 nitrogen and oxygen atoms in total. The lowest BCUT2D eigenvalue weighted by Gasteiger charge is -2.35. The summed E-state index contributed by atoms with van der Waals surface area (Å²) in [6.45, 7) is 6.22. The van der Waals surface area contributed by atoms with E-state index in [-0.39, 0.29) is 17.1 Å². The molecule has 0 spiro atoms. The van der Waals surface area contributed by atoms with E-state index in [0.29, 0.717) is 29.7 Å². The van der Waals surface area contributed by atoms with Crippen molar-refractivity contribution in [2.75, 3.05) is 6.61 Å². The predicted molar refractivity (Wildman–Crippen MR) is 177 cm³/mol. The van der Waals surface area contributed by atoms with E-state index in [2.05, 4.69) is 19.6 Å². The van der Waals surface area contributed by atoms with E-state index in [4.69, 9.17) is 4.74 Å². The van der Waals surface area contributed by atoms with Crippen LogP contribution in [0.3, 0.4) is 0 Å². The standard InChI is InChI=1S/C40H47F3O/c1-3-5-7-9-28-10-12-29(13-11-28)30-14-16-31(17-15-30)34-22-23-35(37(41)27-34)32-18-20-33(21-19-32)36-24-25-38(40(43)39(36)42)44-26-8-6-4-2/h4,16,18-25,27-30H,2-3,5-15,17,26H2,1H3. The van der Waals surface area contributed by atoms with Gasteiger partial charge in [0.1, 0.15) is 5.82 Å². The third-order valence-electron chi connectivity index (χ3n) is 9.93. The SMILES string of the molecule is C=CCCCOc1ccc(-c2ccc(-c3ccc(C4=CCC(C5CCC(CCCCC)CC5)CC4)cc3F)cc2)c(F)c1F. The van der Waals surface area contributed by atoms with Crippen molar-refractivity contribution in [3.63, 3.8) is 0 Å². The van der Waals surface area contributed by atoms with Crippen LogP contribution in [0, 0.1) is 35.2 Å². The number of benzene rings is 3. The zero-order valence-electron chi connectivity index (χ0n) is 26.2. The van der Waals surface area contributed by atoms with Crippen molar-refractivity contribution in [1.82, 2.24) is 0 Å². The minimum Gasteiger partial charge on any atom is -0.490 e. The van der Waals surface area contributed by atoms with Gasteiger partial charge in [-0.1, -0.05) is 94.0 Å². The second kappa shape index (κ2) is 15.6. The molecule has 1 fully saturated rings. The molecule has 0 aromatic heterocycles. The predicted octanol–water partition coefficient (Wildman–Crippen LogP) is 12.4. The number of unbranched alkanes of at least 4 members (excludes halogenated alkanes) is 3. The van der Waals surface area contributed by atoms with Gasteiger partial charge >= 0.3 is 0 Å². The third-order valence-corrected chi connectivity index (χ3v) is 9.93. The molecule has 5 rings (SSSR count). The highest BCUT2D eigenvalue weighted by Crippen LogP contribution is 2.42. The van der Waals surface area contributed by atoms with Crippen molar-refractivity contribution in [3.8, 4) is 28.0 Å². The van der Waals surface area contributed by atoms with Crippen LogP contribution in [0.15, 0.2) is 73.3 Å². The van der Waals surface area contributed by atoms with E-state index < -0.39 is 11.6 Å². The summed E-state index contributed by atoms with van der Waals surface area (Å²) in [7, 11) is 0. The van der Waals surface area contributed by atoms with Crippen LogP contribution in [0.2, 0.25) is 0 Å². The highest BCUT2D eigenvalue weighted by molar-refractivity contribution is 5.74. The molecule has 1 unspecified atom stereocenters. The van der Waals surface area contributed by atoms with Crippen LogP contribution in [0.25, 0.3) is 27.8 Å². The van der Waals surface area contributed by atoms with Crippen molar-refractivity contribution in [3.05, 3.63) is 96.3 Å². The Bertz CT molecular complexity index is 1420. The number of halogens is 3. The second-order valence-corrected chi connectivity index (χ2v) is 12.8. The summed E-state index contributed by atoms with van der Waals surface area (Å²) in [6.07, 6.45) is 19.9. The Hall–Kier alpha value is -3.27. The average molecular weight is 601 g/mol. The van der Waals surface area contributed by atoms with E-state index in [1.165, 1.54) is 75.5 Å². The van der Waals surface area contributed by atoms with Gasteiger partial charge in [0, 0.05) is 11.1 Å². The molecule has 4 heteroatoms. The maximum atomic E-state index is 15.4. The molecule has 0 bridgehead atoms. The van der Waals surface area contributed by atoms with Gasteiger partial charge in [0.2, 0.25) is 5.82 Å². The quantitative estimate of drug-likeness (QED) is 0.140. The summed E-state index contributed by atoms with van der Waals surface area (Å²) in [6, 6.07) is 15.4. The lowest BCUT2D eigenvalue weighted by atomic mass is 9.70. The third kappa shape index (κ3) is 7.86. The fraction of sp³-hybridized carbons (Fsp3) is 0.450. The number of allylic oxidation sites excluding steroid dienone is 3. The minimum atomic E-state index is -1.000. The van der Waals surface area contributed by atoms with Gasteiger partial charge in [-0.05, 0) is 103 Å². The van der Waals surface area contributed by atoms with Crippen LogP contribution in [0.5, 0.6) is 5.75 Å². The average Bonchev–Trinajstić information content (AvgIpc) is 3.06. The zero-order valence-corrected chi connectivity index (χ0v) is 26.2. The van der Waals surface area contributed by atoms with Gasteiger partial charge in [-0.15, -0.1) is 6.58 Å². The van der Waals surface area contributed by atoms with Crippen LogP contribution < -0.4 is 4.74 Å². The normalized spacial score (nSPS) is 20.3. The molecule has 1 saturated carbocycles. The molecule has 2 aliphatic carbocycles. The molecule has 3 aromatic carbocycles. The van der Waals surface area contributed by atoms with Gasteiger partial charge in [-0.2, -0.15) is 4.39 Å². The summed E-state index contributed by atoms with van der Waals surface area (Å²) in [4.78, 5) is 0. The topological polar surface area (TPSA) is 9.23 Å². The molecule has 44 heavy (non-hydrogen) atoms. The van der Waals surface area contributed by atoms with Crippen molar-refractivity contribution >= 4 is 5.57 Å². The van der Waals surface area contributed by atoms with Crippen LogP contribution >= 0.6 is 0 Å². The molecule has 0 aliphatic heterocycles. The molecular formula is C40H47F3O. The maximum Gasteiger partial charge on any atom is 0.201 e. The van der Waals surface area contributed by atoms with Crippen LogP contribution in [0.4, 0.5) is 13.2 Å². The first-order valence-corrected chi connectivity index (χ1v) is 16.8. The first-order valence-electron chi connectivity index (χ1n) is 16.8. The Morgan fingerprint density at radius 1 is 0.773 bits per heavy atom. The van der Waals surface area contributed by atoms with Gasteiger partial charge in [-0.3, -0.25) is 0 Å². The first-order chi connectivity index (χ1) is 21.5. The smallest absolute Gasteiger partial charge is 0.201 e.